The van der Waals surface area contributed by atoms with Gasteiger partial charge in [-0.2, -0.15) is 0 Å². The Balaban J connectivity index is 1.96. The second kappa shape index (κ2) is 6.19. The first-order valence-corrected chi connectivity index (χ1v) is 7.84. The number of furan rings is 1. The number of hydrogen-bond donors (Lipinski definition) is 2. The summed E-state index contributed by atoms with van der Waals surface area (Å²) in [5.74, 6) is 0.419. The van der Waals surface area contributed by atoms with Crippen molar-refractivity contribution in [3.63, 3.8) is 0 Å². The van der Waals surface area contributed by atoms with Gasteiger partial charge < -0.3 is 9.73 Å². The molecule has 2 rings (SSSR count). The molecule has 2 N–H and O–H groups in total. The van der Waals surface area contributed by atoms with Crippen LogP contribution in [0.4, 0.5) is 4.79 Å². The molecule has 1 heterocycles. The number of nitrogens with one attached hydrogen (secondary N) is 2. The third-order valence-corrected chi connectivity index (χ3v) is 4.16. The Labute approximate surface area is 127 Å². The topological polar surface area (TPSA) is 88.4 Å². The molecule has 0 saturated heterocycles. The molecule has 1 aromatic heterocycles. The van der Waals surface area contributed by atoms with Crippen LogP contribution in [0.5, 0.6) is 0 Å². The van der Waals surface area contributed by atoms with E-state index in [1.807, 2.05) is 11.6 Å². The highest BCUT2D eigenvalue weighted by Crippen LogP contribution is 2.13. The lowest BCUT2D eigenvalue weighted by molar-refractivity contribution is 0.244. The predicted octanol–water partition coefficient (Wildman–Crippen LogP) is 2.43. The maximum absolute atomic E-state index is 12.0. The summed E-state index contributed by atoms with van der Waals surface area (Å²) in [6.45, 7) is 1.87. The van der Waals surface area contributed by atoms with Crippen LogP contribution in [0, 0.1) is 6.92 Å². The third-order valence-electron chi connectivity index (χ3n) is 2.61. The van der Waals surface area contributed by atoms with Crippen LogP contribution in [0.1, 0.15) is 11.3 Å². The van der Waals surface area contributed by atoms with E-state index in [4.69, 9.17) is 16.0 Å². The summed E-state index contributed by atoms with van der Waals surface area (Å²) >= 11 is 5.58. The fourth-order valence-electron chi connectivity index (χ4n) is 1.55. The molecule has 0 aliphatic rings. The van der Waals surface area contributed by atoms with Gasteiger partial charge in [0, 0.05) is 0 Å². The molecule has 21 heavy (non-hydrogen) atoms. The van der Waals surface area contributed by atoms with Crippen molar-refractivity contribution in [3.05, 3.63) is 52.9 Å². The van der Waals surface area contributed by atoms with Crippen molar-refractivity contribution in [1.82, 2.24) is 10.0 Å². The third kappa shape index (κ3) is 4.24. The van der Waals surface area contributed by atoms with Gasteiger partial charge in [0.05, 0.1) is 11.4 Å². The fourth-order valence-corrected chi connectivity index (χ4v) is 2.64. The number of halogens is 1. The Morgan fingerprint density at radius 1 is 1.19 bits per heavy atom. The highest BCUT2D eigenvalue weighted by atomic mass is 35.5. The lowest BCUT2D eigenvalue weighted by Crippen LogP contribution is -2.38. The van der Waals surface area contributed by atoms with Gasteiger partial charge in [-0.05, 0) is 42.8 Å². The molecule has 2 aromatic rings. The molecule has 0 saturated carbocycles. The van der Waals surface area contributed by atoms with E-state index in [0.29, 0.717) is 5.76 Å². The van der Waals surface area contributed by atoms with E-state index < -0.39 is 16.1 Å². The zero-order valence-corrected chi connectivity index (χ0v) is 12.7. The molecule has 0 atom stereocenters. The van der Waals surface area contributed by atoms with Crippen LogP contribution in [0.25, 0.3) is 0 Å². The minimum absolute atomic E-state index is 0.0179. The zero-order valence-electron chi connectivity index (χ0n) is 11.1. The first kappa shape index (κ1) is 15.4. The molecule has 2 amide bonds. The van der Waals surface area contributed by atoms with E-state index >= 15 is 0 Å². The number of rotatable bonds is 4. The van der Waals surface area contributed by atoms with E-state index in [2.05, 4.69) is 5.32 Å². The summed E-state index contributed by atoms with van der Waals surface area (Å²) in [4.78, 5) is 11.6. The van der Waals surface area contributed by atoms with Gasteiger partial charge in [0.25, 0.3) is 10.0 Å². The predicted molar refractivity (Wildman–Crippen MR) is 77.5 cm³/mol. The highest BCUT2D eigenvalue weighted by molar-refractivity contribution is 7.90. The van der Waals surface area contributed by atoms with Crippen molar-refractivity contribution in [2.45, 2.75) is 18.4 Å². The van der Waals surface area contributed by atoms with E-state index in [1.165, 1.54) is 18.2 Å². The quantitative estimate of drug-likeness (QED) is 0.902. The highest BCUT2D eigenvalue weighted by Gasteiger charge is 2.17. The van der Waals surface area contributed by atoms with Crippen LogP contribution in [0.15, 0.2) is 45.7 Å². The second-order valence-electron chi connectivity index (χ2n) is 4.31. The fraction of sp³-hybridized carbons (Fsp3) is 0.154. The smallest absolute Gasteiger partial charge is 0.329 e. The summed E-state index contributed by atoms with van der Waals surface area (Å²) in [7, 11) is -3.89. The van der Waals surface area contributed by atoms with Crippen molar-refractivity contribution in [1.29, 1.82) is 0 Å². The number of hydrogen-bond acceptors (Lipinski definition) is 4. The Morgan fingerprint density at radius 2 is 1.86 bits per heavy atom. The van der Waals surface area contributed by atoms with E-state index in [0.717, 1.165) is 5.56 Å². The molecule has 6 nitrogen and oxygen atoms in total. The standard InChI is InChI=1S/C13H13ClN2O4S/c1-9-2-5-11(6-3-9)21(18,19)16-13(17)15-8-10-4-7-12(14)20-10/h2-7H,8H2,1H3,(H2,15,16,17). The lowest BCUT2D eigenvalue weighted by atomic mass is 10.2. The van der Waals surface area contributed by atoms with Gasteiger partial charge >= 0.3 is 6.03 Å². The Kier molecular flexibility index (Phi) is 4.54. The van der Waals surface area contributed by atoms with Crippen molar-refractivity contribution in [2.24, 2.45) is 0 Å². The summed E-state index contributed by atoms with van der Waals surface area (Å²) in [6, 6.07) is 8.42. The van der Waals surface area contributed by atoms with E-state index in [1.54, 1.807) is 18.2 Å². The van der Waals surface area contributed by atoms with Crippen LogP contribution >= 0.6 is 11.6 Å². The van der Waals surface area contributed by atoms with Gasteiger partial charge in [-0.3, -0.25) is 0 Å². The number of aryl methyl sites for hydroxylation is 1. The van der Waals surface area contributed by atoms with Crippen LogP contribution in [-0.2, 0) is 16.6 Å². The van der Waals surface area contributed by atoms with Gasteiger partial charge in [0.2, 0.25) is 0 Å². The first-order chi connectivity index (χ1) is 9.87. The number of benzene rings is 1. The molecule has 112 valence electrons. The maximum atomic E-state index is 12.0. The molecular weight excluding hydrogens is 316 g/mol. The molecule has 0 spiro atoms. The number of carbonyl (C=O) groups excluding carboxylic acids is 1. The largest absolute Gasteiger partial charge is 0.448 e. The monoisotopic (exact) mass is 328 g/mol. The Bertz CT molecular complexity index is 738. The van der Waals surface area contributed by atoms with Crippen molar-refractivity contribution in [2.75, 3.05) is 0 Å². The first-order valence-electron chi connectivity index (χ1n) is 5.98. The molecule has 0 aliphatic heterocycles. The minimum Gasteiger partial charge on any atom is -0.448 e. The number of carbonyl (C=O) groups is 1. The van der Waals surface area contributed by atoms with Gasteiger partial charge in [-0.25, -0.2) is 17.9 Å². The van der Waals surface area contributed by atoms with Gasteiger partial charge in [-0.1, -0.05) is 17.7 Å². The van der Waals surface area contributed by atoms with Gasteiger partial charge in [0.1, 0.15) is 5.76 Å². The molecule has 0 radical (unpaired) electrons. The van der Waals surface area contributed by atoms with Crippen LogP contribution in [-0.4, -0.2) is 14.4 Å². The Hall–Kier alpha value is -1.99. The van der Waals surface area contributed by atoms with Gasteiger partial charge in [0.15, 0.2) is 5.22 Å². The van der Waals surface area contributed by atoms with Gasteiger partial charge in [-0.15, -0.1) is 0 Å². The number of sulfonamides is 1. The van der Waals surface area contributed by atoms with E-state index in [9.17, 15) is 13.2 Å². The minimum atomic E-state index is -3.89. The van der Waals surface area contributed by atoms with Crippen LogP contribution < -0.4 is 10.0 Å². The average molecular weight is 329 g/mol. The summed E-state index contributed by atoms with van der Waals surface area (Å²) in [5.41, 5.74) is 0.924. The molecule has 8 heteroatoms. The number of amides is 2. The van der Waals surface area contributed by atoms with E-state index in [-0.39, 0.29) is 16.7 Å². The van der Waals surface area contributed by atoms with Crippen LogP contribution in [0.2, 0.25) is 5.22 Å². The van der Waals surface area contributed by atoms with Crippen molar-refractivity contribution in [3.8, 4) is 0 Å². The van der Waals surface area contributed by atoms with Crippen molar-refractivity contribution >= 4 is 27.7 Å². The molecule has 0 fully saturated rings. The molecule has 0 aliphatic carbocycles. The summed E-state index contributed by atoms with van der Waals surface area (Å²) in [6.07, 6.45) is 0. The number of urea groups is 1. The molecule has 1 aromatic carbocycles. The maximum Gasteiger partial charge on any atom is 0.329 e. The SMILES string of the molecule is Cc1ccc(S(=O)(=O)NC(=O)NCc2ccc(Cl)o2)cc1. The van der Waals surface area contributed by atoms with Crippen molar-refractivity contribution < 1.29 is 17.6 Å². The molecular formula is C13H13ClN2O4S. The molecule has 0 bridgehead atoms. The normalized spacial score (nSPS) is 11.1. The summed E-state index contributed by atoms with van der Waals surface area (Å²) < 4.78 is 30.9. The Morgan fingerprint density at radius 3 is 2.43 bits per heavy atom. The van der Waals surface area contributed by atoms with Crippen LogP contribution in [0.3, 0.4) is 0 Å². The molecule has 0 unspecified atom stereocenters. The lowest BCUT2D eigenvalue weighted by Gasteiger charge is -2.08. The second-order valence-corrected chi connectivity index (χ2v) is 6.36. The average Bonchev–Trinajstić information content (AvgIpc) is 2.82. The zero-order chi connectivity index (χ0) is 15.5. The summed E-state index contributed by atoms with van der Waals surface area (Å²) in [5, 5.41) is 2.56.